The van der Waals surface area contributed by atoms with Crippen molar-refractivity contribution in [2.45, 2.75) is 31.7 Å². The standard InChI is InChI=1S/C17H25NO2/c19-12-17(13-20-14-17)11-18-10-6-2-5-9-16(18)15-7-3-1-4-8-15/h1,3-4,7-8,16,19H,2,5-6,9-14H2. The summed E-state index contributed by atoms with van der Waals surface area (Å²) in [6.07, 6.45) is 5.12. The summed E-state index contributed by atoms with van der Waals surface area (Å²) in [5.41, 5.74) is 1.40. The van der Waals surface area contributed by atoms with E-state index < -0.39 is 0 Å². The van der Waals surface area contributed by atoms with Gasteiger partial charge < -0.3 is 9.84 Å². The first-order chi connectivity index (χ1) is 9.83. The molecule has 2 fully saturated rings. The SMILES string of the molecule is OCC1(CN2CCCCCC2c2ccccc2)COC1. The lowest BCUT2D eigenvalue weighted by atomic mass is 9.85. The minimum Gasteiger partial charge on any atom is -0.396 e. The van der Waals surface area contributed by atoms with Crippen LogP contribution < -0.4 is 0 Å². The van der Waals surface area contributed by atoms with E-state index in [-0.39, 0.29) is 12.0 Å². The molecule has 3 nitrogen and oxygen atoms in total. The minimum atomic E-state index is -0.0165. The fourth-order valence-electron chi connectivity index (χ4n) is 3.46. The molecule has 2 aliphatic rings. The molecule has 2 saturated heterocycles. The molecule has 0 amide bonds. The van der Waals surface area contributed by atoms with Crippen molar-refractivity contribution >= 4 is 0 Å². The van der Waals surface area contributed by atoms with Crippen molar-refractivity contribution in [3.63, 3.8) is 0 Å². The van der Waals surface area contributed by atoms with E-state index in [4.69, 9.17) is 4.74 Å². The van der Waals surface area contributed by atoms with Crippen LogP contribution in [0, 0.1) is 5.41 Å². The molecule has 0 radical (unpaired) electrons. The van der Waals surface area contributed by atoms with Crippen LogP contribution in [0.3, 0.4) is 0 Å². The number of nitrogens with zero attached hydrogens (tertiary/aromatic N) is 1. The smallest absolute Gasteiger partial charge is 0.0579 e. The lowest BCUT2D eigenvalue weighted by Gasteiger charge is -2.45. The van der Waals surface area contributed by atoms with Gasteiger partial charge in [-0.1, -0.05) is 43.2 Å². The van der Waals surface area contributed by atoms with E-state index in [0.717, 1.165) is 13.1 Å². The molecule has 20 heavy (non-hydrogen) atoms. The highest BCUT2D eigenvalue weighted by Gasteiger charge is 2.41. The number of hydrogen-bond donors (Lipinski definition) is 1. The van der Waals surface area contributed by atoms with Crippen molar-refractivity contribution in [2.75, 3.05) is 32.9 Å². The van der Waals surface area contributed by atoms with Crippen LogP contribution in [0.4, 0.5) is 0 Å². The molecule has 1 N–H and O–H groups in total. The maximum atomic E-state index is 9.69. The molecule has 3 rings (SSSR count). The van der Waals surface area contributed by atoms with Gasteiger partial charge in [-0.15, -0.1) is 0 Å². The van der Waals surface area contributed by atoms with Gasteiger partial charge in [0.15, 0.2) is 0 Å². The zero-order valence-corrected chi connectivity index (χ0v) is 12.1. The Balaban J connectivity index is 1.77. The summed E-state index contributed by atoms with van der Waals surface area (Å²) in [5.74, 6) is 0. The topological polar surface area (TPSA) is 32.7 Å². The molecule has 0 spiro atoms. The van der Waals surface area contributed by atoms with Gasteiger partial charge in [0.1, 0.15) is 0 Å². The number of hydrogen-bond acceptors (Lipinski definition) is 3. The van der Waals surface area contributed by atoms with E-state index in [1.807, 2.05) is 0 Å². The van der Waals surface area contributed by atoms with Crippen molar-refractivity contribution in [2.24, 2.45) is 5.41 Å². The van der Waals surface area contributed by atoms with Crippen molar-refractivity contribution in [1.29, 1.82) is 0 Å². The van der Waals surface area contributed by atoms with Crippen LogP contribution in [0.5, 0.6) is 0 Å². The highest BCUT2D eigenvalue weighted by Crippen LogP contribution is 2.35. The molecule has 1 aromatic carbocycles. The van der Waals surface area contributed by atoms with Crippen LogP contribution in [-0.4, -0.2) is 42.9 Å². The van der Waals surface area contributed by atoms with E-state index in [9.17, 15) is 5.11 Å². The Bertz CT molecular complexity index is 411. The first kappa shape index (κ1) is 14.1. The molecular weight excluding hydrogens is 250 g/mol. The molecule has 110 valence electrons. The summed E-state index contributed by atoms with van der Waals surface area (Å²) >= 11 is 0. The second-order valence-corrected chi connectivity index (χ2v) is 6.40. The largest absolute Gasteiger partial charge is 0.396 e. The van der Waals surface area contributed by atoms with Gasteiger partial charge in [0.25, 0.3) is 0 Å². The zero-order valence-electron chi connectivity index (χ0n) is 12.1. The van der Waals surface area contributed by atoms with E-state index in [1.165, 1.54) is 31.2 Å². The number of aliphatic hydroxyl groups excluding tert-OH is 1. The molecule has 0 aromatic heterocycles. The lowest BCUT2D eigenvalue weighted by molar-refractivity contribution is -0.151. The van der Waals surface area contributed by atoms with Crippen LogP contribution in [0.2, 0.25) is 0 Å². The Hall–Kier alpha value is -0.900. The maximum absolute atomic E-state index is 9.69. The summed E-state index contributed by atoms with van der Waals surface area (Å²) in [6, 6.07) is 11.3. The summed E-state index contributed by atoms with van der Waals surface area (Å²) in [7, 11) is 0. The Morgan fingerprint density at radius 3 is 2.60 bits per heavy atom. The number of likely N-dealkylation sites (tertiary alicyclic amines) is 1. The van der Waals surface area contributed by atoms with Gasteiger partial charge in [0, 0.05) is 12.6 Å². The van der Waals surface area contributed by atoms with Gasteiger partial charge in [0.2, 0.25) is 0 Å². The van der Waals surface area contributed by atoms with Crippen molar-refractivity contribution in [3.8, 4) is 0 Å². The second-order valence-electron chi connectivity index (χ2n) is 6.40. The lowest BCUT2D eigenvalue weighted by Crippen LogP contribution is -2.53. The summed E-state index contributed by atoms with van der Waals surface area (Å²) < 4.78 is 5.36. The first-order valence-corrected chi connectivity index (χ1v) is 7.81. The first-order valence-electron chi connectivity index (χ1n) is 7.81. The van der Waals surface area contributed by atoms with Crippen molar-refractivity contribution in [3.05, 3.63) is 35.9 Å². The molecule has 0 aliphatic carbocycles. The van der Waals surface area contributed by atoms with E-state index in [2.05, 4.69) is 35.2 Å². The molecule has 2 aliphatic heterocycles. The van der Waals surface area contributed by atoms with Crippen molar-refractivity contribution in [1.82, 2.24) is 4.90 Å². The van der Waals surface area contributed by atoms with Gasteiger partial charge in [0.05, 0.1) is 25.2 Å². The maximum Gasteiger partial charge on any atom is 0.0579 e. The predicted octanol–water partition coefficient (Wildman–Crippen LogP) is 2.61. The average molecular weight is 275 g/mol. The molecular formula is C17H25NO2. The Morgan fingerprint density at radius 1 is 1.15 bits per heavy atom. The third-order valence-electron chi connectivity index (χ3n) is 4.74. The van der Waals surface area contributed by atoms with Crippen LogP contribution in [0.15, 0.2) is 30.3 Å². The Kier molecular flexibility index (Phi) is 4.39. The number of ether oxygens (including phenoxy) is 1. The van der Waals surface area contributed by atoms with Gasteiger partial charge in [-0.3, -0.25) is 4.90 Å². The fourth-order valence-corrected chi connectivity index (χ4v) is 3.46. The molecule has 0 bridgehead atoms. The summed E-state index contributed by atoms with van der Waals surface area (Å²) in [5, 5.41) is 9.69. The second kappa shape index (κ2) is 6.25. The highest BCUT2D eigenvalue weighted by molar-refractivity contribution is 5.19. The highest BCUT2D eigenvalue weighted by atomic mass is 16.5. The number of rotatable bonds is 4. The van der Waals surface area contributed by atoms with E-state index >= 15 is 0 Å². The average Bonchev–Trinajstić information content (AvgIpc) is 2.69. The molecule has 0 saturated carbocycles. The zero-order chi connectivity index (χ0) is 13.8. The molecule has 1 atom stereocenters. The summed E-state index contributed by atoms with van der Waals surface area (Å²) in [4.78, 5) is 2.58. The molecule has 3 heteroatoms. The van der Waals surface area contributed by atoms with Crippen molar-refractivity contribution < 1.29 is 9.84 Å². The number of benzene rings is 1. The molecule has 1 aromatic rings. The third kappa shape index (κ3) is 2.90. The normalized spacial score (nSPS) is 26.8. The number of aliphatic hydroxyl groups is 1. The van der Waals surface area contributed by atoms with Crippen LogP contribution in [-0.2, 0) is 4.74 Å². The minimum absolute atomic E-state index is 0.0165. The van der Waals surface area contributed by atoms with E-state index in [0.29, 0.717) is 19.3 Å². The monoisotopic (exact) mass is 275 g/mol. The van der Waals surface area contributed by atoms with Gasteiger partial charge in [-0.2, -0.15) is 0 Å². The van der Waals surface area contributed by atoms with Gasteiger partial charge >= 0.3 is 0 Å². The van der Waals surface area contributed by atoms with Crippen LogP contribution in [0.25, 0.3) is 0 Å². The predicted molar refractivity (Wildman–Crippen MR) is 79.6 cm³/mol. The Labute approximate surface area is 121 Å². The third-order valence-corrected chi connectivity index (χ3v) is 4.74. The Morgan fingerprint density at radius 2 is 1.95 bits per heavy atom. The quantitative estimate of drug-likeness (QED) is 0.917. The summed E-state index contributed by atoms with van der Waals surface area (Å²) in [6.45, 7) is 3.76. The van der Waals surface area contributed by atoms with Gasteiger partial charge in [-0.25, -0.2) is 0 Å². The molecule has 1 unspecified atom stereocenters. The fraction of sp³-hybridized carbons (Fsp3) is 0.647. The van der Waals surface area contributed by atoms with E-state index in [1.54, 1.807) is 0 Å². The molecule has 2 heterocycles. The van der Waals surface area contributed by atoms with Crippen LogP contribution in [0.1, 0.15) is 37.3 Å². The van der Waals surface area contributed by atoms with Crippen LogP contribution >= 0.6 is 0 Å². The van der Waals surface area contributed by atoms with Gasteiger partial charge in [-0.05, 0) is 24.9 Å².